The van der Waals surface area contributed by atoms with Crippen molar-refractivity contribution in [2.24, 2.45) is 5.41 Å². The normalized spacial score (nSPS) is 18.5. The van der Waals surface area contributed by atoms with Crippen LogP contribution in [0.1, 0.15) is 59.8 Å². The predicted octanol–water partition coefficient (Wildman–Crippen LogP) is 2.27. The Hall–Kier alpha value is -1.89. The topological polar surface area (TPSA) is 90.0 Å². The number of aliphatic carboxylic acids is 1. The summed E-state index contributed by atoms with van der Waals surface area (Å²) < 4.78 is 0. The molecule has 0 aromatic rings. The van der Waals surface area contributed by atoms with Crippen LogP contribution in [-0.2, 0) is 14.4 Å². The van der Waals surface area contributed by atoms with Crippen LogP contribution in [0.25, 0.3) is 0 Å². The van der Waals surface area contributed by atoms with E-state index in [9.17, 15) is 14.4 Å². The van der Waals surface area contributed by atoms with Gasteiger partial charge in [0.1, 0.15) is 6.04 Å². The molecule has 160 valence electrons. The molecule has 1 rings (SSSR count). The molecule has 1 atom stereocenters. The molecule has 7 heteroatoms. The van der Waals surface area contributed by atoms with Crippen LogP contribution in [0.5, 0.6) is 0 Å². The summed E-state index contributed by atoms with van der Waals surface area (Å²) in [5.74, 6) is -1.33. The van der Waals surface area contributed by atoms with E-state index in [4.69, 9.17) is 5.11 Å². The van der Waals surface area contributed by atoms with Gasteiger partial charge in [-0.2, -0.15) is 0 Å². The third-order valence-corrected chi connectivity index (χ3v) is 5.73. The van der Waals surface area contributed by atoms with Gasteiger partial charge in [0.15, 0.2) is 0 Å². The van der Waals surface area contributed by atoms with Crippen molar-refractivity contribution >= 4 is 17.8 Å². The van der Waals surface area contributed by atoms with Gasteiger partial charge in [-0.05, 0) is 39.3 Å². The second-order valence-electron chi connectivity index (χ2n) is 9.17. The van der Waals surface area contributed by atoms with E-state index in [0.717, 1.165) is 32.1 Å². The maximum Gasteiger partial charge on any atom is 0.331 e. The SMILES string of the molecule is C/C(=C\CN(C)C(=O)C(NC(=O)C1(N(C)C)CCCCC1)C(C)(C)C)C(=O)O. The van der Waals surface area contributed by atoms with Gasteiger partial charge in [0.2, 0.25) is 11.8 Å². The van der Waals surface area contributed by atoms with Crippen molar-refractivity contribution in [1.82, 2.24) is 15.1 Å². The first-order valence-electron chi connectivity index (χ1n) is 9.96. The van der Waals surface area contributed by atoms with Gasteiger partial charge in [-0.15, -0.1) is 0 Å². The Labute approximate surface area is 169 Å². The minimum absolute atomic E-state index is 0.101. The summed E-state index contributed by atoms with van der Waals surface area (Å²) in [6.45, 7) is 7.44. The van der Waals surface area contributed by atoms with Crippen LogP contribution in [0.2, 0.25) is 0 Å². The Morgan fingerprint density at radius 2 is 1.64 bits per heavy atom. The number of carboxylic acids is 1. The maximum absolute atomic E-state index is 13.3. The number of nitrogens with zero attached hydrogens (tertiary/aromatic N) is 2. The van der Waals surface area contributed by atoms with E-state index in [-0.39, 0.29) is 23.9 Å². The number of hydrogen-bond acceptors (Lipinski definition) is 4. The molecule has 0 bridgehead atoms. The molecule has 1 aliphatic rings. The molecule has 1 fully saturated rings. The fourth-order valence-corrected chi connectivity index (χ4v) is 3.60. The largest absolute Gasteiger partial charge is 0.478 e. The van der Waals surface area contributed by atoms with Gasteiger partial charge in [0, 0.05) is 19.2 Å². The summed E-state index contributed by atoms with van der Waals surface area (Å²) in [5, 5.41) is 12.0. The Bertz CT molecular complexity index is 614. The number of likely N-dealkylation sites (N-methyl/N-ethyl adjacent to an activating group) is 2. The summed E-state index contributed by atoms with van der Waals surface area (Å²) in [7, 11) is 5.47. The minimum atomic E-state index is -1.01. The van der Waals surface area contributed by atoms with Crippen LogP contribution in [0.4, 0.5) is 0 Å². The molecule has 0 saturated heterocycles. The average Bonchev–Trinajstić information content (AvgIpc) is 2.62. The summed E-state index contributed by atoms with van der Waals surface area (Å²) in [6, 6.07) is -0.692. The van der Waals surface area contributed by atoms with Gasteiger partial charge in [-0.3, -0.25) is 14.5 Å². The van der Waals surface area contributed by atoms with Crippen LogP contribution >= 0.6 is 0 Å². The van der Waals surface area contributed by atoms with Crippen LogP contribution in [0, 0.1) is 5.41 Å². The molecule has 1 unspecified atom stereocenters. The fourth-order valence-electron chi connectivity index (χ4n) is 3.60. The van der Waals surface area contributed by atoms with E-state index >= 15 is 0 Å². The lowest BCUT2D eigenvalue weighted by atomic mass is 9.78. The van der Waals surface area contributed by atoms with E-state index in [1.807, 2.05) is 39.8 Å². The van der Waals surface area contributed by atoms with Crippen LogP contribution in [0.3, 0.4) is 0 Å². The first kappa shape index (κ1) is 24.1. The highest BCUT2D eigenvalue weighted by Crippen LogP contribution is 2.33. The van der Waals surface area contributed by atoms with E-state index in [0.29, 0.717) is 0 Å². The molecular weight excluding hydrogens is 358 g/mol. The lowest BCUT2D eigenvalue weighted by molar-refractivity contribution is -0.143. The maximum atomic E-state index is 13.3. The summed E-state index contributed by atoms with van der Waals surface area (Å²) >= 11 is 0. The first-order chi connectivity index (χ1) is 12.8. The number of amides is 2. The second-order valence-corrected chi connectivity index (χ2v) is 9.17. The van der Waals surface area contributed by atoms with Crippen LogP contribution in [0.15, 0.2) is 11.6 Å². The van der Waals surface area contributed by atoms with E-state index < -0.39 is 23.0 Å². The molecule has 2 amide bonds. The monoisotopic (exact) mass is 395 g/mol. The van der Waals surface area contributed by atoms with E-state index in [2.05, 4.69) is 5.32 Å². The summed E-state index contributed by atoms with van der Waals surface area (Å²) in [6.07, 6.45) is 6.20. The average molecular weight is 396 g/mol. The number of nitrogens with one attached hydrogen (secondary N) is 1. The molecule has 0 spiro atoms. The van der Waals surface area contributed by atoms with Gasteiger partial charge < -0.3 is 15.3 Å². The number of hydrogen-bond donors (Lipinski definition) is 2. The number of carbonyl (C=O) groups excluding carboxylic acids is 2. The molecule has 2 N–H and O–H groups in total. The van der Waals surface area contributed by atoms with Gasteiger partial charge in [-0.1, -0.05) is 46.1 Å². The van der Waals surface area contributed by atoms with Gasteiger partial charge in [0.05, 0.1) is 5.54 Å². The number of rotatable bonds is 7. The first-order valence-corrected chi connectivity index (χ1v) is 9.96. The zero-order valence-corrected chi connectivity index (χ0v) is 18.5. The molecule has 28 heavy (non-hydrogen) atoms. The highest BCUT2D eigenvalue weighted by Gasteiger charge is 2.44. The molecule has 1 aliphatic carbocycles. The standard InChI is InChI=1S/C21H37N3O4/c1-15(18(26)27)11-14-24(7)17(25)16(20(2,3)4)22-19(28)21(23(5)6)12-9-8-10-13-21/h11,16H,8-10,12-14H2,1-7H3,(H,22,28)(H,26,27)/b15-11+. The number of carbonyl (C=O) groups is 3. The third kappa shape index (κ3) is 5.80. The molecule has 0 aromatic carbocycles. The Morgan fingerprint density at radius 3 is 2.07 bits per heavy atom. The highest BCUT2D eigenvalue weighted by molar-refractivity contribution is 5.92. The quantitative estimate of drug-likeness (QED) is 0.646. The zero-order chi connectivity index (χ0) is 21.7. The smallest absolute Gasteiger partial charge is 0.331 e. The summed E-state index contributed by atoms with van der Waals surface area (Å²) in [4.78, 5) is 40.8. The Balaban J connectivity index is 3.02. The minimum Gasteiger partial charge on any atom is -0.478 e. The Morgan fingerprint density at radius 1 is 1.11 bits per heavy atom. The number of carboxylic acid groups (broad SMARTS) is 1. The molecule has 1 saturated carbocycles. The van der Waals surface area contributed by atoms with E-state index in [1.54, 1.807) is 7.05 Å². The fraction of sp³-hybridized carbons (Fsp3) is 0.762. The molecule has 7 nitrogen and oxygen atoms in total. The molecule has 0 aromatic heterocycles. The van der Waals surface area contributed by atoms with Gasteiger partial charge in [-0.25, -0.2) is 4.79 Å². The highest BCUT2D eigenvalue weighted by atomic mass is 16.4. The molecule has 0 heterocycles. The third-order valence-electron chi connectivity index (χ3n) is 5.73. The van der Waals surface area contributed by atoms with Crippen molar-refractivity contribution in [2.45, 2.75) is 71.4 Å². The van der Waals surface area contributed by atoms with Gasteiger partial charge in [0.25, 0.3) is 0 Å². The van der Waals surface area contributed by atoms with Crippen molar-refractivity contribution in [3.05, 3.63) is 11.6 Å². The van der Waals surface area contributed by atoms with Gasteiger partial charge >= 0.3 is 5.97 Å². The summed E-state index contributed by atoms with van der Waals surface area (Å²) in [5.41, 5.74) is -0.875. The van der Waals surface area contributed by atoms with Crippen LogP contribution < -0.4 is 5.32 Å². The predicted molar refractivity (Wildman–Crippen MR) is 110 cm³/mol. The van der Waals surface area contributed by atoms with E-state index in [1.165, 1.54) is 17.9 Å². The van der Waals surface area contributed by atoms with Crippen LogP contribution in [-0.4, -0.2) is 72.0 Å². The second kappa shape index (κ2) is 9.54. The lowest BCUT2D eigenvalue weighted by Crippen LogP contribution is -2.63. The Kier molecular flexibility index (Phi) is 8.23. The van der Waals surface area contributed by atoms with Crippen molar-refractivity contribution in [3.8, 4) is 0 Å². The zero-order valence-electron chi connectivity index (χ0n) is 18.5. The molecular formula is C21H37N3O4. The molecule has 0 aliphatic heterocycles. The van der Waals surface area contributed by atoms with Crippen molar-refractivity contribution in [3.63, 3.8) is 0 Å². The molecule has 0 radical (unpaired) electrons. The van der Waals surface area contributed by atoms with Crippen molar-refractivity contribution in [2.75, 3.05) is 27.7 Å². The lowest BCUT2D eigenvalue weighted by Gasteiger charge is -2.43. The van der Waals surface area contributed by atoms with Crippen molar-refractivity contribution in [1.29, 1.82) is 0 Å². The van der Waals surface area contributed by atoms with Crippen molar-refractivity contribution < 1.29 is 19.5 Å².